The van der Waals surface area contributed by atoms with E-state index in [2.05, 4.69) is 5.32 Å². The first kappa shape index (κ1) is 11.1. The summed E-state index contributed by atoms with van der Waals surface area (Å²) < 4.78 is 27.5. The largest absolute Gasteiger partial charge is 0.385 e. The first-order valence-electron chi connectivity index (χ1n) is 6.01. The van der Waals surface area contributed by atoms with Gasteiger partial charge in [-0.25, -0.2) is 8.78 Å². The second kappa shape index (κ2) is 3.75. The summed E-state index contributed by atoms with van der Waals surface area (Å²) >= 11 is 0. The summed E-state index contributed by atoms with van der Waals surface area (Å²) in [5.74, 6) is -1.29. The molecule has 2 heterocycles. The number of piperidine rings is 1. The molecule has 2 saturated heterocycles. The first-order valence-corrected chi connectivity index (χ1v) is 6.01. The highest BCUT2D eigenvalue weighted by atomic mass is 19.1. The van der Waals surface area contributed by atoms with Gasteiger partial charge in [-0.15, -0.1) is 0 Å². The van der Waals surface area contributed by atoms with Crippen LogP contribution in [0, 0.1) is 11.6 Å². The van der Waals surface area contributed by atoms with Gasteiger partial charge in [0.2, 0.25) is 0 Å². The Bertz CT molecular complexity index is 417. The third-order valence-corrected chi connectivity index (χ3v) is 3.93. The van der Waals surface area contributed by atoms with Gasteiger partial charge in [0.25, 0.3) is 0 Å². The first-order chi connectivity index (χ1) is 8.08. The lowest BCUT2D eigenvalue weighted by atomic mass is 9.81. The number of halogens is 2. The van der Waals surface area contributed by atoms with Crippen molar-refractivity contribution in [1.82, 2.24) is 5.32 Å². The molecule has 2 atom stereocenters. The Hall–Kier alpha value is -1.00. The second-order valence-corrected chi connectivity index (χ2v) is 5.17. The molecule has 2 bridgehead atoms. The van der Waals surface area contributed by atoms with E-state index in [-0.39, 0.29) is 17.6 Å². The van der Waals surface area contributed by atoms with Gasteiger partial charge >= 0.3 is 0 Å². The maximum Gasteiger partial charge on any atom is 0.132 e. The Morgan fingerprint density at radius 2 is 1.65 bits per heavy atom. The minimum atomic E-state index is -1.35. The topological polar surface area (TPSA) is 32.3 Å². The zero-order valence-electron chi connectivity index (χ0n) is 9.42. The van der Waals surface area contributed by atoms with Crippen molar-refractivity contribution in [3.8, 4) is 0 Å². The molecule has 4 heteroatoms. The van der Waals surface area contributed by atoms with Gasteiger partial charge in [0.05, 0.1) is 11.2 Å². The molecule has 17 heavy (non-hydrogen) atoms. The average molecular weight is 239 g/mol. The standard InChI is InChI=1S/C13H15F2NO/c14-10-2-1-3-11(15)12(10)13(17)6-8-4-5-9(7-13)16-8/h1-3,8-9,16-17H,4-7H2. The van der Waals surface area contributed by atoms with E-state index >= 15 is 0 Å². The summed E-state index contributed by atoms with van der Waals surface area (Å²) in [5.41, 5.74) is -1.51. The van der Waals surface area contributed by atoms with E-state index in [9.17, 15) is 13.9 Å². The van der Waals surface area contributed by atoms with Crippen molar-refractivity contribution >= 4 is 0 Å². The maximum absolute atomic E-state index is 13.7. The predicted octanol–water partition coefficient (Wildman–Crippen LogP) is 2.07. The molecule has 3 rings (SSSR count). The number of hydrogen-bond acceptors (Lipinski definition) is 2. The van der Waals surface area contributed by atoms with Crippen LogP contribution in [0.2, 0.25) is 0 Å². The number of rotatable bonds is 1. The number of aliphatic hydroxyl groups is 1. The molecule has 0 saturated carbocycles. The lowest BCUT2D eigenvalue weighted by Crippen LogP contribution is -2.47. The van der Waals surface area contributed by atoms with Crippen molar-refractivity contribution < 1.29 is 13.9 Å². The summed E-state index contributed by atoms with van der Waals surface area (Å²) in [7, 11) is 0. The van der Waals surface area contributed by atoms with Crippen molar-refractivity contribution in [3.63, 3.8) is 0 Å². The highest BCUT2D eigenvalue weighted by molar-refractivity contribution is 5.28. The van der Waals surface area contributed by atoms with Gasteiger partial charge in [0.1, 0.15) is 11.6 Å². The minimum Gasteiger partial charge on any atom is -0.385 e. The second-order valence-electron chi connectivity index (χ2n) is 5.17. The summed E-state index contributed by atoms with van der Waals surface area (Å²) in [4.78, 5) is 0. The summed E-state index contributed by atoms with van der Waals surface area (Å²) in [6.07, 6.45) is 2.73. The Morgan fingerprint density at radius 1 is 1.12 bits per heavy atom. The van der Waals surface area contributed by atoms with Crippen LogP contribution >= 0.6 is 0 Å². The highest BCUT2D eigenvalue weighted by Crippen LogP contribution is 2.42. The SMILES string of the molecule is OC1(c2c(F)cccc2F)CC2CCC(C1)N2. The van der Waals surface area contributed by atoms with Crippen LogP contribution in [0.1, 0.15) is 31.2 Å². The monoisotopic (exact) mass is 239 g/mol. The van der Waals surface area contributed by atoms with Crippen LogP contribution in [0.4, 0.5) is 8.78 Å². The van der Waals surface area contributed by atoms with Crippen LogP contribution in [0.5, 0.6) is 0 Å². The smallest absolute Gasteiger partial charge is 0.132 e. The minimum absolute atomic E-state index is 0.154. The molecule has 0 aromatic heterocycles. The molecule has 2 fully saturated rings. The van der Waals surface area contributed by atoms with Gasteiger partial charge in [-0.1, -0.05) is 6.07 Å². The molecule has 0 radical (unpaired) electrons. The van der Waals surface area contributed by atoms with Crippen LogP contribution in [-0.4, -0.2) is 17.2 Å². The van der Waals surface area contributed by atoms with E-state index in [1.807, 2.05) is 0 Å². The molecule has 2 aliphatic heterocycles. The fourth-order valence-electron chi connectivity index (χ4n) is 3.27. The highest BCUT2D eigenvalue weighted by Gasteiger charge is 2.45. The molecule has 2 unspecified atom stereocenters. The molecule has 2 aliphatic rings. The fraction of sp³-hybridized carbons (Fsp3) is 0.538. The molecule has 1 aromatic rings. The lowest BCUT2D eigenvalue weighted by Gasteiger charge is -2.37. The zero-order valence-corrected chi connectivity index (χ0v) is 9.42. The van der Waals surface area contributed by atoms with Crippen LogP contribution in [0.3, 0.4) is 0 Å². The molecular weight excluding hydrogens is 224 g/mol. The Labute approximate surface area is 98.6 Å². The maximum atomic E-state index is 13.7. The fourth-order valence-corrected chi connectivity index (χ4v) is 3.27. The van der Waals surface area contributed by atoms with E-state index in [0.29, 0.717) is 12.8 Å². The summed E-state index contributed by atoms with van der Waals surface area (Å²) in [6, 6.07) is 4.10. The van der Waals surface area contributed by atoms with Gasteiger partial charge < -0.3 is 10.4 Å². The summed E-state index contributed by atoms with van der Waals surface area (Å²) in [6.45, 7) is 0. The van der Waals surface area contributed by atoms with Gasteiger partial charge in [0, 0.05) is 12.1 Å². The van der Waals surface area contributed by atoms with E-state index in [1.54, 1.807) is 0 Å². The number of benzene rings is 1. The summed E-state index contributed by atoms with van der Waals surface area (Å²) in [5, 5.41) is 13.9. The van der Waals surface area contributed by atoms with E-state index < -0.39 is 17.2 Å². The average Bonchev–Trinajstić information content (AvgIpc) is 2.58. The molecule has 2 N–H and O–H groups in total. The molecule has 0 aliphatic carbocycles. The van der Waals surface area contributed by atoms with Gasteiger partial charge in [-0.05, 0) is 37.8 Å². The molecule has 1 aromatic carbocycles. The van der Waals surface area contributed by atoms with Crippen LogP contribution < -0.4 is 5.32 Å². The zero-order chi connectivity index (χ0) is 12.0. The number of nitrogens with one attached hydrogen (secondary N) is 1. The Balaban J connectivity index is 2.02. The quantitative estimate of drug-likeness (QED) is 0.786. The van der Waals surface area contributed by atoms with E-state index in [4.69, 9.17) is 0 Å². The molecular formula is C13H15F2NO. The molecule has 2 nitrogen and oxygen atoms in total. The van der Waals surface area contributed by atoms with E-state index in [0.717, 1.165) is 12.8 Å². The van der Waals surface area contributed by atoms with Crippen molar-refractivity contribution in [3.05, 3.63) is 35.4 Å². The van der Waals surface area contributed by atoms with Crippen molar-refractivity contribution in [2.75, 3.05) is 0 Å². The van der Waals surface area contributed by atoms with Crippen molar-refractivity contribution in [2.45, 2.75) is 43.4 Å². The third kappa shape index (κ3) is 1.76. The Morgan fingerprint density at radius 3 is 2.18 bits per heavy atom. The van der Waals surface area contributed by atoms with Gasteiger partial charge in [-0.3, -0.25) is 0 Å². The number of fused-ring (bicyclic) bond motifs is 2. The van der Waals surface area contributed by atoms with Crippen LogP contribution in [-0.2, 0) is 5.60 Å². The van der Waals surface area contributed by atoms with Crippen LogP contribution in [0.25, 0.3) is 0 Å². The van der Waals surface area contributed by atoms with Crippen LogP contribution in [0.15, 0.2) is 18.2 Å². The normalized spacial score (nSPS) is 36.2. The van der Waals surface area contributed by atoms with Crippen molar-refractivity contribution in [2.24, 2.45) is 0 Å². The third-order valence-electron chi connectivity index (χ3n) is 3.93. The predicted molar refractivity (Wildman–Crippen MR) is 59.4 cm³/mol. The Kier molecular flexibility index (Phi) is 2.45. The number of hydrogen-bond donors (Lipinski definition) is 2. The molecule has 0 spiro atoms. The van der Waals surface area contributed by atoms with Crippen molar-refractivity contribution in [1.29, 1.82) is 0 Å². The molecule has 0 amide bonds. The lowest BCUT2D eigenvalue weighted by molar-refractivity contribution is -0.0174. The van der Waals surface area contributed by atoms with Gasteiger partial charge in [0.15, 0.2) is 0 Å². The molecule has 92 valence electrons. The van der Waals surface area contributed by atoms with Gasteiger partial charge in [-0.2, -0.15) is 0 Å². The van der Waals surface area contributed by atoms with E-state index in [1.165, 1.54) is 18.2 Å².